The minimum absolute atomic E-state index is 0.0166. The van der Waals surface area contributed by atoms with Crippen LogP contribution in [0.3, 0.4) is 0 Å². The molecule has 2 rings (SSSR count). The monoisotopic (exact) mass is 243 g/mol. The molecule has 0 saturated carbocycles. The smallest absolute Gasteiger partial charge is 0.226 e. The lowest BCUT2D eigenvalue weighted by atomic mass is 10.3. The van der Waals surface area contributed by atoms with Crippen LogP contribution in [0, 0.1) is 0 Å². The lowest BCUT2D eigenvalue weighted by Gasteiger charge is -2.00. The van der Waals surface area contributed by atoms with Gasteiger partial charge in [-0.15, -0.1) is 0 Å². The third kappa shape index (κ3) is 3.20. The highest BCUT2D eigenvalue weighted by molar-refractivity contribution is 5.78. The second-order valence-corrected chi connectivity index (χ2v) is 4.08. The first kappa shape index (κ1) is 12.4. The molecule has 1 amide bonds. The quantitative estimate of drug-likeness (QED) is 0.644. The molecule has 0 spiro atoms. The minimum atomic E-state index is 0.0166. The number of carbonyl (C=O) groups excluding carboxylic acids is 1. The van der Waals surface area contributed by atoms with Gasteiger partial charge in [0.25, 0.3) is 0 Å². The van der Waals surface area contributed by atoms with Gasteiger partial charge in [-0.3, -0.25) is 4.79 Å². The van der Waals surface area contributed by atoms with Gasteiger partial charge in [-0.2, -0.15) is 0 Å². The Labute approximate surface area is 106 Å². The van der Waals surface area contributed by atoms with Crippen LogP contribution in [0.2, 0.25) is 0 Å². The second-order valence-electron chi connectivity index (χ2n) is 4.08. The Morgan fingerprint density at radius 3 is 3.17 bits per heavy atom. The van der Waals surface area contributed by atoms with E-state index in [1.165, 1.54) is 0 Å². The van der Waals surface area contributed by atoms with E-state index in [9.17, 15) is 4.79 Å². The predicted molar refractivity (Wildman–Crippen MR) is 71.3 cm³/mol. The maximum absolute atomic E-state index is 11.7. The van der Waals surface area contributed by atoms with Crippen LogP contribution in [0.15, 0.2) is 42.7 Å². The fraction of sp³-hybridized carbons (Fsp3) is 0.286. The molecule has 0 saturated heterocycles. The van der Waals surface area contributed by atoms with E-state index < -0.39 is 0 Å². The van der Waals surface area contributed by atoms with E-state index >= 15 is 0 Å². The zero-order valence-corrected chi connectivity index (χ0v) is 10.5. The summed E-state index contributed by atoms with van der Waals surface area (Å²) in [5, 5.41) is 2.87. The topological polar surface area (TPSA) is 46.4 Å². The second kappa shape index (κ2) is 6.00. The van der Waals surface area contributed by atoms with Gasteiger partial charge in [-0.25, -0.2) is 4.98 Å². The van der Waals surface area contributed by atoms with Crippen molar-refractivity contribution in [2.75, 3.05) is 6.54 Å². The van der Waals surface area contributed by atoms with Crippen molar-refractivity contribution in [2.45, 2.75) is 19.8 Å². The Bertz CT molecular complexity index is 524. The van der Waals surface area contributed by atoms with Gasteiger partial charge in [-0.05, 0) is 25.5 Å². The summed E-state index contributed by atoms with van der Waals surface area (Å²) in [5.74, 6) is 0.0166. The van der Waals surface area contributed by atoms with Crippen molar-refractivity contribution in [1.29, 1.82) is 0 Å². The number of rotatable bonds is 5. The number of pyridine rings is 1. The van der Waals surface area contributed by atoms with Gasteiger partial charge in [0, 0.05) is 18.9 Å². The number of carbonyl (C=O) groups is 1. The zero-order chi connectivity index (χ0) is 12.8. The maximum Gasteiger partial charge on any atom is 0.226 e. The maximum atomic E-state index is 11.7. The largest absolute Gasteiger partial charge is 0.355 e. The first-order chi connectivity index (χ1) is 8.79. The molecule has 4 nitrogen and oxygen atoms in total. The molecule has 0 aliphatic heterocycles. The van der Waals surface area contributed by atoms with E-state index in [1.54, 1.807) is 0 Å². The molecule has 0 atom stereocenters. The van der Waals surface area contributed by atoms with E-state index in [4.69, 9.17) is 0 Å². The lowest BCUT2D eigenvalue weighted by Crippen LogP contribution is -2.25. The van der Waals surface area contributed by atoms with Crippen molar-refractivity contribution in [3.63, 3.8) is 0 Å². The first-order valence-electron chi connectivity index (χ1n) is 6.10. The normalized spacial score (nSPS) is 11.2. The molecule has 94 valence electrons. The van der Waals surface area contributed by atoms with Crippen LogP contribution in [0.25, 0.3) is 5.65 Å². The van der Waals surface area contributed by atoms with Crippen molar-refractivity contribution in [3.8, 4) is 0 Å². The molecule has 0 aliphatic carbocycles. The van der Waals surface area contributed by atoms with Crippen LogP contribution in [-0.2, 0) is 11.2 Å². The van der Waals surface area contributed by atoms with Gasteiger partial charge in [0.2, 0.25) is 5.91 Å². The molecule has 2 aromatic rings. The van der Waals surface area contributed by atoms with Gasteiger partial charge in [-0.1, -0.05) is 18.2 Å². The van der Waals surface area contributed by atoms with Crippen molar-refractivity contribution in [2.24, 2.45) is 0 Å². The molecule has 1 N–H and O–H groups in total. The molecule has 0 aromatic carbocycles. The average molecular weight is 243 g/mol. The van der Waals surface area contributed by atoms with Crippen molar-refractivity contribution in [3.05, 3.63) is 48.4 Å². The third-order valence-electron chi connectivity index (χ3n) is 2.62. The predicted octanol–water partition coefficient (Wildman–Crippen LogP) is 1.96. The number of amides is 1. The summed E-state index contributed by atoms with van der Waals surface area (Å²) in [6.07, 6.45) is 9.03. The Balaban J connectivity index is 1.90. The minimum Gasteiger partial charge on any atom is -0.355 e. The number of nitrogens with zero attached hydrogens (tertiary/aromatic N) is 2. The number of fused-ring (bicyclic) bond motifs is 1. The Morgan fingerprint density at radius 1 is 1.50 bits per heavy atom. The SMILES string of the molecule is C/C=C/CCNC(=O)Cc1cn2ccccc2n1. The summed E-state index contributed by atoms with van der Waals surface area (Å²) in [6.45, 7) is 2.65. The van der Waals surface area contributed by atoms with Crippen LogP contribution >= 0.6 is 0 Å². The standard InChI is InChI=1S/C14H17N3O/c1-2-3-5-8-15-14(18)10-12-11-17-9-6-4-7-13(17)16-12/h2-4,6-7,9,11H,5,8,10H2,1H3,(H,15,18)/b3-2+. The molecular weight excluding hydrogens is 226 g/mol. The number of aromatic nitrogens is 2. The Kier molecular flexibility index (Phi) is 4.12. The summed E-state index contributed by atoms with van der Waals surface area (Å²) in [5.41, 5.74) is 1.67. The Morgan fingerprint density at radius 2 is 2.39 bits per heavy atom. The number of allylic oxidation sites excluding steroid dienone is 1. The van der Waals surface area contributed by atoms with Crippen molar-refractivity contribution >= 4 is 11.6 Å². The zero-order valence-electron chi connectivity index (χ0n) is 10.5. The summed E-state index contributed by atoms with van der Waals surface area (Å²) >= 11 is 0. The summed E-state index contributed by atoms with van der Waals surface area (Å²) in [4.78, 5) is 16.1. The van der Waals surface area contributed by atoms with Crippen LogP contribution in [0.5, 0.6) is 0 Å². The lowest BCUT2D eigenvalue weighted by molar-refractivity contribution is -0.120. The molecule has 0 aliphatic rings. The van der Waals surface area contributed by atoms with Gasteiger partial charge in [0.05, 0.1) is 12.1 Å². The number of nitrogens with one attached hydrogen (secondary N) is 1. The highest BCUT2D eigenvalue weighted by Gasteiger charge is 2.06. The third-order valence-corrected chi connectivity index (χ3v) is 2.62. The summed E-state index contributed by atoms with van der Waals surface area (Å²) in [6, 6.07) is 5.80. The molecule has 0 bridgehead atoms. The number of hydrogen-bond donors (Lipinski definition) is 1. The van der Waals surface area contributed by atoms with Gasteiger partial charge in [0.15, 0.2) is 0 Å². The highest BCUT2D eigenvalue weighted by Crippen LogP contribution is 2.04. The van der Waals surface area contributed by atoms with Gasteiger partial charge >= 0.3 is 0 Å². The molecule has 0 fully saturated rings. The number of hydrogen-bond acceptors (Lipinski definition) is 2. The first-order valence-corrected chi connectivity index (χ1v) is 6.10. The van der Waals surface area contributed by atoms with Gasteiger partial charge in [0.1, 0.15) is 5.65 Å². The van der Waals surface area contributed by atoms with E-state index in [1.807, 2.05) is 54.1 Å². The number of imidazole rings is 1. The van der Waals surface area contributed by atoms with E-state index in [-0.39, 0.29) is 5.91 Å². The van der Waals surface area contributed by atoms with Crippen LogP contribution in [-0.4, -0.2) is 21.8 Å². The molecular formula is C14H17N3O. The van der Waals surface area contributed by atoms with Crippen LogP contribution in [0.1, 0.15) is 19.0 Å². The molecule has 18 heavy (non-hydrogen) atoms. The van der Waals surface area contributed by atoms with E-state index in [0.717, 1.165) is 17.8 Å². The highest BCUT2D eigenvalue weighted by atomic mass is 16.1. The van der Waals surface area contributed by atoms with Gasteiger partial charge < -0.3 is 9.72 Å². The summed E-state index contributed by atoms with van der Waals surface area (Å²) in [7, 11) is 0. The fourth-order valence-electron chi connectivity index (χ4n) is 1.76. The van der Waals surface area contributed by atoms with Crippen molar-refractivity contribution in [1.82, 2.24) is 14.7 Å². The van der Waals surface area contributed by atoms with Crippen molar-refractivity contribution < 1.29 is 4.79 Å². The van der Waals surface area contributed by atoms with E-state index in [0.29, 0.717) is 13.0 Å². The molecule has 0 radical (unpaired) electrons. The molecule has 2 heterocycles. The van der Waals surface area contributed by atoms with E-state index in [2.05, 4.69) is 10.3 Å². The molecule has 0 unspecified atom stereocenters. The fourth-order valence-corrected chi connectivity index (χ4v) is 1.76. The Hall–Kier alpha value is -2.10. The van der Waals surface area contributed by atoms with Crippen LogP contribution < -0.4 is 5.32 Å². The van der Waals surface area contributed by atoms with Crippen LogP contribution in [0.4, 0.5) is 0 Å². The molecule has 4 heteroatoms. The summed E-state index contributed by atoms with van der Waals surface area (Å²) < 4.78 is 1.92. The average Bonchev–Trinajstić information content (AvgIpc) is 2.76. The molecule has 2 aromatic heterocycles.